The molecule has 5 rings (SSSR count). The van der Waals surface area contributed by atoms with Gasteiger partial charge in [0.25, 0.3) is 5.69 Å². The van der Waals surface area contributed by atoms with Crippen LogP contribution in [0.3, 0.4) is 0 Å². The van der Waals surface area contributed by atoms with Crippen molar-refractivity contribution in [3.05, 3.63) is 82.4 Å². The number of nitrogens with one attached hydrogen (secondary N) is 1. The van der Waals surface area contributed by atoms with Crippen molar-refractivity contribution >= 4 is 28.7 Å². The number of piperazine rings is 1. The molecule has 2 heterocycles. The summed E-state index contributed by atoms with van der Waals surface area (Å²) in [6.07, 6.45) is 0.421. The predicted molar refractivity (Wildman–Crippen MR) is 138 cm³/mol. The van der Waals surface area contributed by atoms with E-state index in [4.69, 9.17) is 9.47 Å². The maximum atomic E-state index is 13.6. The van der Waals surface area contributed by atoms with Crippen molar-refractivity contribution in [3.8, 4) is 11.5 Å². The van der Waals surface area contributed by atoms with Gasteiger partial charge in [-0.15, -0.1) is 0 Å². The fraction of sp³-hybridized carbons (Fsp3) is 0.296. The Morgan fingerprint density at radius 3 is 2.50 bits per heavy atom. The van der Waals surface area contributed by atoms with Crippen LogP contribution in [0.2, 0.25) is 0 Å². The Kier molecular flexibility index (Phi) is 6.37. The third kappa shape index (κ3) is 4.51. The number of hydrogen-bond acceptors (Lipinski definition) is 7. The van der Waals surface area contributed by atoms with Crippen molar-refractivity contribution < 1.29 is 19.2 Å². The van der Waals surface area contributed by atoms with E-state index in [0.29, 0.717) is 30.9 Å². The van der Waals surface area contributed by atoms with Crippen molar-refractivity contribution in [1.82, 2.24) is 0 Å². The van der Waals surface area contributed by atoms with Gasteiger partial charge >= 0.3 is 0 Å². The van der Waals surface area contributed by atoms with Crippen molar-refractivity contribution in [1.29, 1.82) is 0 Å². The number of hydrogen-bond donors (Lipinski definition) is 1. The third-order valence-electron chi connectivity index (χ3n) is 7.02. The summed E-state index contributed by atoms with van der Waals surface area (Å²) in [6.45, 7) is 2.12. The Labute approximate surface area is 209 Å². The minimum atomic E-state index is -0.397. The minimum Gasteiger partial charge on any atom is -0.497 e. The molecule has 0 radical (unpaired) electrons. The summed E-state index contributed by atoms with van der Waals surface area (Å²) in [4.78, 5) is 29.2. The molecule has 2 aliphatic rings. The lowest BCUT2D eigenvalue weighted by Gasteiger charge is -2.49. The standard InChI is InChI=1S/C27H28N4O5/c1-35-22-9-6-20(7-10-22)29-12-13-30-25-11-8-21(31(33)34)14-18(25)15-24(26(30)17-29)27(32)28-19-4-3-5-23(16-19)36-2/h3-11,14,16,24,26H,12-13,15,17H2,1-2H3,(H,28,32). The van der Waals surface area contributed by atoms with Crippen molar-refractivity contribution in [3.63, 3.8) is 0 Å². The molecule has 1 N–H and O–H groups in total. The van der Waals surface area contributed by atoms with E-state index in [1.807, 2.05) is 48.5 Å². The maximum Gasteiger partial charge on any atom is 0.269 e. The van der Waals surface area contributed by atoms with Gasteiger partial charge in [0, 0.05) is 54.9 Å². The van der Waals surface area contributed by atoms with Crippen LogP contribution in [0.25, 0.3) is 0 Å². The quantitative estimate of drug-likeness (QED) is 0.412. The molecule has 9 heteroatoms. The van der Waals surface area contributed by atoms with E-state index < -0.39 is 5.92 Å². The number of carbonyl (C=O) groups is 1. The highest BCUT2D eigenvalue weighted by atomic mass is 16.6. The van der Waals surface area contributed by atoms with E-state index in [9.17, 15) is 14.9 Å². The molecular formula is C27H28N4O5. The van der Waals surface area contributed by atoms with E-state index in [1.165, 1.54) is 0 Å². The van der Waals surface area contributed by atoms with Gasteiger partial charge in [0.15, 0.2) is 0 Å². The average molecular weight is 489 g/mol. The molecular weight excluding hydrogens is 460 g/mol. The summed E-state index contributed by atoms with van der Waals surface area (Å²) in [7, 11) is 3.22. The molecule has 0 spiro atoms. The number of ether oxygens (including phenoxy) is 2. The van der Waals surface area contributed by atoms with Crippen molar-refractivity contribution in [2.75, 3.05) is 49.0 Å². The average Bonchev–Trinajstić information content (AvgIpc) is 2.92. The SMILES string of the molecule is COc1ccc(N2CCN3c4ccc([N+](=O)[O-])cc4CC(C(=O)Nc4cccc(OC)c4)C3C2)cc1. The van der Waals surface area contributed by atoms with Gasteiger partial charge in [0.05, 0.1) is 31.1 Å². The number of anilines is 3. The van der Waals surface area contributed by atoms with Gasteiger partial charge in [-0.3, -0.25) is 14.9 Å². The smallest absolute Gasteiger partial charge is 0.269 e. The molecule has 0 saturated carbocycles. The molecule has 3 aromatic carbocycles. The van der Waals surface area contributed by atoms with Crippen LogP contribution < -0.4 is 24.6 Å². The predicted octanol–water partition coefficient (Wildman–Crippen LogP) is 4.12. The summed E-state index contributed by atoms with van der Waals surface area (Å²) in [6, 6.07) is 20.0. The Balaban J connectivity index is 1.46. The number of nitro benzene ring substituents is 1. The number of methoxy groups -OCH3 is 2. The lowest BCUT2D eigenvalue weighted by atomic mass is 9.83. The zero-order valence-electron chi connectivity index (χ0n) is 20.2. The number of nitro groups is 1. The second kappa shape index (κ2) is 9.77. The first kappa shape index (κ1) is 23.5. The van der Waals surface area contributed by atoms with E-state index in [2.05, 4.69) is 15.1 Å². The number of benzene rings is 3. The molecule has 1 amide bonds. The minimum absolute atomic E-state index is 0.0380. The van der Waals surface area contributed by atoms with Gasteiger partial charge < -0.3 is 24.6 Å². The molecule has 0 aliphatic carbocycles. The zero-order chi connectivity index (χ0) is 25.2. The molecule has 0 aromatic heterocycles. The summed E-state index contributed by atoms with van der Waals surface area (Å²) >= 11 is 0. The molecule has 1 saturated heterocycles. The zero-order valence-corrected chi connectivity index (χ0v) is 20.2. The number of non-ortho nitro benzene ring substituents is 1. The largest absolute Gasteiger partial charge is 0.497 e. The number of nitrogens with zero attached hydrogens (tertiary/aromatic N) is 3. The highest BCUT2D eigenvalue weighted by Crippen LogP contribution is 2.39. The number of amides is 1. The van der Waals surface area contributed by atoms with Gasteiger partial charge in [-0.2, -0.15) is 0 Å². The van der Waals surface area contributed by atoms with Crippen LogP contribution in [0.15, 0.2) is 66.7 Å². The summed E-state index contributed by atoms with van der Waals surface area (Å²) in [5.74, 6) is 0.933. The fourth-order valence-electron chi connectivity index (χ4n) is 5.19. The van der Waals surface area contributed by atoms with Crippen LogP contribution in [0, 0.1) is 16.0 Å². The number of rotatable bonds is 6. The molecule has 36 heavy (non-hydrogen) atoms. The maximum absolute atomic E-state index is 13.6. The Morgan fingerprint density at radius 2 is 1.78 bits per heavy atom. The Bertz CT molecular complexity index is 1280. The highest BCUT2D eigenvalue weighted by Gasteiger charge is 2.42. The van der Waals surface area contributed by atoms with Crippen LogP contribution >= 0.6 is 0 Å². The Morgan fingerprint density at radius 1 is 1.00 bits per heavy atom. The molecule has 0 bridgehead atoms. The third-order valence-corrected chi connectivity index (χ3v) is 7.02. The molecule has 9 nitrogen and oxygen atoms in total. The van der Waals surface area contributed by atoms with Gasteiger partial charge in [-0.1, -0.05) is 6.07 Å². The molecule has 2 aliphatic heterocycles. The summed E-state index contributed by atoms with van der Waals surface area (Å²) < 4.78 is 10.6. The highest BCUT2D eigenvalue weighted by molar-refractivity contribution is 5.94. The van der Waals surface area contributed by atoms with Gasteiger partial charge in [-0.25, -0.2) is 0 Å². The monoisotopic (exact) mass is 488 g/mol. The van der Waals surface area contributed by atoms with E-state index >= 15 is 0 Å². The van der Waals surface area contributed by atoms with Crippen molar-refractivity contribution in [2.45, 2.75) is 12.5 Å². The van der Waals surface area contributed by atoms with E-state index in [1.54, 1.807) is 32.4 Å². The fourth-order valence-corrected chi connectivity index (χ4v) is 5.19. The van der Waals surface area contributed by atoms with Crippen LogP contribution in [0.1, 0.15) is 5.56 Å². The summed E-state index contributed by atoms with van der Waals surface area (Å²) in [5.41, 5.74) is 3.54. The van der Waals surface area contributed by atoms with Crippen LogP contribution in [0.5, 0.6) is 11.5 Å². The molecule has 2 unspecified atom stereocenters. The molecule has 3 aromatic rings. The van der Waals surface area contributed by atoms with Gasteiger partial charge in [0.1, 0.15) is 11.5 Å². The van der Waals surface area contributed by atoms with Crippen LogP contribution in [-0.2, 0) is 11.2 Å². The second-order valence-corrected chi connectivity index (χ2v) is 9.01. The first-order chi connectivity index (χ1) is 17.5. The van der Waals surface area contributed by atoms with E-state index in [-0.39, 0.29) is 22.6 Å². The number of carbonyl (C=O) groups excluding carboxylic acids is 1. The van der Waals surface area contributed by atoms with Gasteiger partial charge in [-0.05, 0) is 54.4 Å². The first-order valence-electron chi connectivity index (χ1n) is 11.8. The topological polar surface area (TPSA) is 97.2 Å². The molecule has 2 atom stereocenters. The van der Waals surface area contributed by atoms with E-state index in [0.717, 1.165) is 29.2 Å². The summed E-state index contributed by atoms with van der Waals surface area (Å²) in [5, 5.41) is 14.5. The van der Waals surface area contributed by atoms with Crippen LogP contribution in [0.4, 0.5) is 22.7 Å². The number of fused-ring (bicyclic) bond motifs is 3. The van der Waals surface area contributed by atoms with Crippen molar-refractivity contribution in [2.24, 2.45) is 5.92 Å². The molecule has 1 fully saturated rings. The van der Waals surface area contributed by atoms with Crippen LogP contribution in [-0.4, -0.2) is 50.7 Å². The normalized spacial score (nSPS) is 18.6. The lowest BCUT2D eigenvalue weighted by Crippen LogP contribution is -2.60. The first-order valence-corrected chi connectivity index (χ1v) is 11.8. The molecule has 186 valence electrons. The van der Waals surface area contributed by atoms with Gasteiger partial charge in [0.2, 0.25) is 5.91 Å². The lowest BCUT2D eigenvalue weighted by molar-refractivity contribution is -0.384. The Hall–Kier alpha value is -4.27. The second-order valence-electron chi connectivity index (χ2n) is 9.01.